The van der Waals surface area contributed by atoms with E-state index < -0.39 is 0 Å². The van der Waals surface area contributed by atoms with E-state index in [-0.39, 0.29) is 0 Å². The molecule has 2 aliphatic heterocycles. The summed E-state index contributed by atoms with van der Waals surface area (Å²) >= 11 is 3.59. The predicted octanol–water partition coefficient (Wildman–Crippen LogP) is 3.48. The third kappa shape index (κ3) is 2.08. The molecule has 2 fully saturated rings. The average molecular weight is 309 g/mol. The SMILES string of the molecule is CNC1CC2CCC(C1)N2c1ccc(Br)c(C)c1. The van der Waals surface area contributed by atoms with E-state index in [2.05, 4.69) is 58.3 Å². The second-order valence-corrected chi connectivity index (χ2v) is 6.54. The Labute approximate surface area is 118 Å². The number of halogens is 1. The average Bonchev–Trinajstić information content (AvgIpc) is 2.64. The summed E-state index contributed by atoms with van der Waals surface area (Å²) in [4.78, 5) is 2.67. The van der Waals surface area contributed by atoms with Crippen LogP contribution in [0.2, 0.25) is 0 Å². The first-order valence-electron chi connectivity index (χ1n) is 6.91. The molecule has 2 unspecified atom stereocenters. The number of aryl methyl sites for hydroxylation is 1. The minimum absolute atomic E-state index is 0.718. The normalized spacial score (nSPS) is 30.8. The number of nitrogens with zero attached hydrogens (tertiary/aromatic N) is 1. The molecule has 1 N–H and O–H groups in total. The van der Waals surface area contributed by atoms with Gasteiger partial charge in [0, 0.05) is 28.3 Å². The molecule has 2 bridgehead atoms. The maximum Gasteiger partial charge on any atom is 0.0374 e. The summed E-state index contributed by atoms with van der Waals surface area (Å²) in [5.74, 6) is 0. The Morgan fingerprint density at radius 2 is 1.89 bits per heavy atom. The number of nitrogens with one attached hydrogen (secondary N) is 1. The Balaban J connectivity index is 1.87. The third-order valence-corrected chi connectivity index (χ3v) is 5.47. The van der Waals surface area contributed by atoms with Gasteiger partial charge in [-0.2, -0.15) is 0 Å². The van der Waals surface area contributed by atoms with Crippen molar-refractivity contribution in [1.29, 1.82) is 0 Å². The summed E-state index contributed by atoms with van der Waals surface area (Å²) in [6.07, 6.45) is 5.31. The molecule has 0 radical (unpaired) electrons. The van der Waals surface area contributed by atoms with Crippen LogP contribution in [0.15, 0.2) is 22.7 Å². The van der Waals surface area contributed by atoms with Crippen molar-refractivity contribution in [3.05, 3.63) is 28.2 Å². The largest absolute Gasteiger partial charge is 0.365 e. The lowest BCUT2D eigenvalue weighted by Crippen LogP contribution is -2.48. The summed E-state index contributed by atoms with van der Waals surface area (Å²) in [6, 6.07) is 8.98. The van der Waals surface area contributed by atoms with Crippen LogP contribution in [-0.2, 0) is 0 Å². The monoisotopic (exact) mass is 308 g/mol. The van der Waals surface area contributed by atoms with Gasteiger partial charge in [-0.05, 0) is 63.4 Å². The molecule has 1 aromatic rings. The smallest absolute Gasteiger partial charge is 0.0374 e. The van der Waals surface area contributed by atoms with Gasteiger partial charge in [-0.3, -0.25) is 0 Å². The molecule has 2 aliphatic rings. The highest BCUT2D eigenvalue weighted by molar-refractivity contribution is 9.10. The zero-order valence-electron chi connectivity index (χ0n) is 11.1. The second-order valence-electron chi connectivity index (χ2n) is 5.68. The van der Waals surface area contributed by atoms with Crippen LogP contribution < -0.4 is 10.2 Å². The number of benzene rings is 1. The van der Waals surface area contributed by atoms with Crippen LogP contribution in [0.25, 0.3) is 0 Å². The summed E-state index contributed by atoms with van der Waals surface area (Å²) in [5.41, 5.74) is 2.75. The molecule has 0 spiro atoms. The van der Waals surface area contributed by atoms with Gasteiger partial charge < -0.3 is 10.2 Å². The van der Waals surface area contributed by atoms with Gasteiger partial charge in [0.2, 0.25) is 0 Å². The van der Waals surface area contributed by atoms with Crippen LogP contribution in [0, 0.1) is 6.92 Å². The second kappa shape index (κ2) is 4.86. The third-order valence-electron chi connectivity index (χ3n) is 4.58. The summed E-state index contributed by atoms with van der Waals surface area (Å²) in [5, 5.41) is 3.46. The number of rotatable bonds is 2. The van der Waals surface area contributed by atoms with Crippen LogP contribution in [0.1, 0.15) is 31.2 Å². The Morgan fingerprint density at radius 1 is 1.22 bits per heavy atom. The van der Waals surface area contributed by atoms with E-state index in [4.69, 9.17) is 0 Å². The summed E-state index contributed by atoms with van der Waals surface area (Å²) < 4.78 is 1.21. The molecular formula is C15H21BrN2. The molecule has 2 saturated heterocycles. The Bertz CT molecular complexity index is 432. The quantitative estimate of drug-likeness (QED) is 0.900. The van der Waals surface area contributed by atoms with E-state index in [0.29, 0.717) is 0 Å². The van der Waals surface area contributed by atoms with Crippen LogP contribution in [-0.4, -0.2) is 25.2 Å². The number of piperidine rings is 1. The fraction of sp³-hybridized carbons (Fsp3) is 0.600. The molecule has 2 nitrogen and oxygen atoms in total. The topological polar surface area (TPSA) is 15.3 Å². The highest BCUT2D eigenvalue weighted by Crippen LogP contribution is 2.40. The molecule has 0 saturated carbocycles. The van der Waals surface area contributed by atoms with Gasteiger partial charge in [-0.25, -0.2) is 0 Å². The molecule has 1 aromatic carbocycles. The van der Waals surface area contributed by atoms with Crippen molar-refractivity contribution in [3.8, 4) is 0 Å². The van der Waals surface area contributed by atoms with Gasteiger partial charge in [0.1, 0.15) is 0 Å². The van der Waals surface area contributed by atoms with Crippen molar-refractivity contribution in [1.82, 2.24) is 5.32 Å². The van der Waals surface area contributed by atoms with Crippen LogP contribution in [0.4, 0.5) is 5.69 Å². The fourth-order valence-electron chi connectivity index (χ4n) is 3.62. The molecule has 3 rings (SSSR count). The molecule has 0 amide bonds. The van der Waals surface area contributed by atoms with E-state index in [1.807, 2.05) is 0 Å². The standard InChI is InChI=1S/C15H21BrN2/c1-10-7-12(5-6-15(10)16)18-13-3-4-14(18)9-11(8-13)17-2/h5-7,11,13-14,17H,3-4,8-9H2,1-2H3. The van der Waals surface area contributed by atoms with E-state index >= 15 is 0 Å². The van der Waals surface area contributed by atoms with Crippen LogP contribution in [0.3, 0.4) is 0 Å². The molecule has 2 atom stereocenters. The minimum Gasteiger partial charge on any atom is -0.365 e. The van der Waals surface area contributed by atoms with Crippen molar-refractivity contribution in [2.45, 2.75) is 50.7 Å². The molecule has 0 aliphatic carbocycles. The highest BCUT2D eigenvalue weighted by Gasteiger charge is 2.40. The Hall–Kier alpha value is -0.540. The first-order chi connectivity index (χ1) is 8.69. The van der Waals surface area contributed by atoms with Gasteiger partial charge in [0.05, 0.1) is 0 Å². The van der Waals surface area contributed by atoms with Crippen LogP contribution in [0.5, 0.6) is 0 Å². The van der Waals surface area contributed by atoms with Crippen molar-refractivity contribution >= 4 is 21.6 Å². The molecule has 0 aromatic heterocycles. The Morgan fingerprint density at radius 3 is 2.44 bits per heavy atom. The lowest BCUT2D eigenvalue weighted by Gasteiger charge is -2.40. The van der Waals surface area contributed by atoms with Gasteiger partial charge in [0.15, 0.2) is 0 Å². The first-order valence-corrected chi connectivity index (χ1v) is 7.70. The van der Waals surface area contributed by atoms with Crippen LogP contribution >= 0.6 is 15.9 Å². The lowest BCUT2D eigenvalue weighted by atomic mass is 9.96. The number of hydrogen-bond acceptors (Lipinski definition) is 2. The first kappa shape index (κ1) is 12.5. The van der Waals surface area contributed by atoms with E-state index in [1.165, 1.54) is 41.4 Å². The van der Waals surface area contributed by atoms with E-state index in [9.17, 15) is 0 Å². The van der Waals surface area contributed by atoms with E-state index in [1.54, 1.807) is 0 Å². The lowest BCUT2D eigenvalue weighted by molar-refractivity contribution is 0.374. The maximum absolute atomic E-state index is 3.59. The van der Waals surface area contributed by atoms with Gasteiger partial charge in [-0.1, -0.05) is 15.9 Å². The maximum atomic E-state index is 3.59. The molecule has 98 valence electrons. The zero-order chi connectivity index (χ0) is 12.7. The Kier molecular flexibility index (Phi) is 3.37. The molecule has 3 heteroatoms. The minimum atomic E-state index is 0.718. The van der Waals surface area contributed by atoms with Gasteiger partial charge >= 0.3 is 0 Å². The number of hydrogen-bond donors (Lipinski definition) is 1. The highest BCUT2D eigenvalue weighted by atomic mass is 79.9. The van der Waals surface area contributed by atoms with E-state index in [0.717, 1.165) is 18.1 Å². The number of fused-ring (bicyclic) bond motifs is 2. The van der Waals surface area contributed by atoms with Gasteiger partial charge in [0.25, 0.3) is 0 Å². The summed E-state index contributed by atoms with van der Waals surface area (Å²) in [7, 11) is 2.10. The zero-order valence-corrected chi connectivity index (χ0v) is 12.7. The van der Waals surface area contributed by atoms with Crippen molar-refractivity contribution in [3.63, 3.8) is 0 Å². The summed E-state index contributed by atoms with van der Waals surface area (Å²) in [6.45, 7) is 2.18. The molecule has 18 heavy (non-hydrogen) atoms. The molecule has 2 heterocycles. The molecular weight excluding hydrogens is 288 g/mol. The van der Waals surface area contributed by atoms with Crippen molar-refractivity contribution < 1.29 is 0 Å². The number of anilines is 1. The van der Waals surface area contributed by atoms with Crippen molar-refractivity contribution in [2.24, 2.45) is 0 Å². The van der Waals surface area contributed by atoms with Gasteiger partial charge in [-0.15, -0.1) is 0 Å². The fourth-order valence-corrected chi connectivity index (χ4v) is 3.87. The predicted molar refractivity (Wildman–Crippen MR) is 80.2 cm³/mol. The van der Waals surface area contributed by atoms with Crippen molar-refractivity contribution in [2.75, 3.05) is 11.9 Å².